The zero-order valence-corrected chi connectivity index (χ0v) is 12.0. The first kappa shape index (κ1) is 13.7. The average Bonchev–Trinajstić information content (AvgIpc) is 2.46. The van der Waals surface area contributed by atoms with Crippen LogP contribution in [-0.4, -0.2) is 5.11 Å². The van der Waals surface area contributed by atoms with Crippen molar-refractivity contribution in [2.75, 3.05) is 0 Å². The van der Waals surface area contributed by atoms with Gasteiger partial charge in [-0.2, -0.15) is 0 Å². The standard InChI is InChI=1S/C18H22O/c1-4-13-10-11-15(12-14(13)5-2)17-8-7-9-18(19)16(17)6-3/h7-12,19H,4-6H2,1-3H3. The number of phenols is 1. The second-order valence-corrected chi connectivity index (χ2v) is 4.85. The van der Waals surface area contributed by atoms with E-state index < -0.39 is 0 Å². The smallest absolute Gasteiger partial charge is 0.119 e. The Morgan fingerprint density at radius 1 is 0.842 bits per heavy atom. The zero-order chi connectivity index (χ0) is 13.8. The molecule has 100 valence electrons. The summed E-state index contributed by atoms with van der Waals surface area (Å²) in [5, 5.41) is 9.98. The SMILES string of the molecule is CCc1ccc(-c2cccc(O)c2CC)cc1CC. The molecule has 2 aromatic rings. The molecule has 19 heavy (non-hydrogen) atoms. The number of phenolic OH excluding ortho intramolecular Hbond substituents is 1. The van der Waals surface area contributed by atoms with Gasteiger partial charge in [0, 0.05) is 5.56 Å². The third-order valence-electron chi connectivity index (χ3n) is 3.78. The minimum absolute atomic E-state index is 0.401. The summed E-state index contributed by atoms with van der Waals surface area (Å²) in [5.74, 6) is 0.401. The summed E-state index contributed by atoms with van der Waals surface area (Å²) in [7, 11) is 0. The van der Waals surface area contributed by atoms with Crippen molar-refractivity contribution in [1.82, 2.24) is 0 Å². The fraction of sp³-hybridized carbons (Fsp3) is 0.333. The molecule has 1 N–H and O–H groups in total. The van der Waals surface area contributed by atoms with Gasteiger partial charge in [0.2, 0.25) is 0 Å². The van der Waals surface area contributed by atoms with Crippen molar-refractivity contribution >= 4 is 0 Å². The van der Waals surface area contributed by atoms with E-state index in [0.29, 0.717) is 5.75 Å². The second-order valence-electron chi connectivity index (χ2n) is 4.85. The fourth-order valence-electron chi connectivity index (χ4n) is 2.68. The summed E-state index contributed by atoms with van der Waals surface area (Å²) in [5.41, 5.74) is 6.23. The molecular formula is C18H22O. The summed E-state index contributed by atoms with van der Waals surface area (Å²) in [6.07, 6.45) is 2.97. The predicted molar refractivity (Wildman–Crippen MR) is 81.7 cm³/mol. The molecule has 0 aliphatic carbocycles. The molecule has 2 rings (SSSR count). The molecule has 0 radical (unpaired) electrons. The van der Waals surface area contributed by atoms with Crippen molar-refractivity contribution in [3.63, 3.8) is 0 Å². The van der Waals surface area contributed by atoms with Crippen LogP contribution in [0.5, 0.6) is 5.75 Å². The third-order valence-corrected chi connectivity index (χ3v) is 3.78. The van der Waals surface area contributed by atoms with Crippen LogP contribution in [0.25, 0.3) is 11.1 Å². The van der Waals surface area contributed by atoms with E-state index in [-0.39, 0.29) is 0 Å². The minimum Gasteiger partial charge on any atom is -0.508 e. The molecule has 0 amide bonds. The van der Waals surface area contributed by atoms with Crippen molar-refractivity contribution in [1.29, 1.82) is 0 Å². The quantitative estimate of drug-likeness (QED) is 0.835. The first-order valence-corrected chi connectivity index (χ1v) is 7.14. The van der Waals surface area contributed by atoms with Crippen LogP contribution in [0.3, 0.4) is 0 Å². The Morgan fingerprint density at radius 3 is 2.21 bits per heavy atom. The van der Waals surface area contributed by atoms with Crippen molar-refractivity contribution in [2.45, 2.75) is 40.0 Å². The van der Waals surface area contributed by atoms with E-state index >= 15 is 0 Å². The molecule has 0 aromatic heterocycles. The molecule has 0 bridgehead atoms. The molecule has 0 spiro atoms. The number of aromatic hydroxyl groups is 1. The largest absolute Gasteiger partial charge is 0.508 e. The molecule has 0 saturated heterocycles. The van der Waals surface area contributed by atoms with Crippen molar-refractivity contribution < 1.29 is 5.11 Å². The van der Waals surface area contributed by atoms with E-state index in [1.807, 2.05) is 6.07 Å². The molecular weight excluding hydrogens is 232 g/mol. The van der Waals surface area contributed by atoms with Gasteiger partial charge in [-0.15, -0.1) is 0 Å². The van der Waals surface area contributed by atoms with Crippen molar-refractivity contribution in [3.05, 3.63) is 53.1 Å². The highest BCUT2D eigenvalue weighted by Crippen LogP contribution is 2.31. The topological polar surface area (TPSA) is 20.2 Å². The van der Waals surface area contributed by atoms with E-state index in [1.165, 1.54) is 16.7 Å². The maximum atomic E-state index is 9.98. The molecule has 0 aliphatic rings. The van der Waals surface area contributed by atoms with Crippen molar-refractivity contribution in [2.24, 2.45) is 0 Å². The normalized spacial score (nSPS) is 10.7. The number of benzene rings is 2. The van der Waals surface area contributed by atoms with Crippen LogP contribution in [-0.2, 0) is 19.3 Å². The van der Waals surface area contributed by atoms with Gasteiger partial charge >= 0.3 is 0 Å². The summed E-state index contributed by atoms with van der Waals surface area (Å²) in [6, 6.07) is 12.4. The molecule has 0 aliphatic heterocycles. The van der Waals surface area contributed by atoms with E-state index in [9.17, 15) is 5.11 Å². The monoisotopic (exact) mass is 254 g/mol. The van der Waals surface area contributed by atoms with Gasteiger partial charge in [-0.25, -0.2) is 0 Å². The molecule has 0 unspecified atom stereocenters. The molecule has 0 fully saturated rings. The molecule has 2 aromatic carbocycles. The van der Waals surface area contributed by atoms with Crippen molar-refractivity contribution in [3.8, 4) is 16.9 Å². The van der Waals surface area contributed by atoms with Crippen LogP contribution in [0.1, 0.15) is 37.5 Å². The van der Waals surface area contributed by atoms with Gasteiger partial charge in [0.15, 0.2) is 0 Å². The Hall–Kier alpha value is -1.76. The Labute approximate surface area is 115 Å². The van der Waals surface area contributed by atoms with E-state index in [4.69, 9.17) is 0 Å². The lowest BCUT2D eigenvalue weighted by Gasteiger charge is -2.13. The average molecular weight is 254 g/mol. The van der Waals surface area contributed by atoms with Gasteiger partial charge in [-0.05, 0) is 47.6 Å². The number of hydrogen-bond donors (Lipinski definition) is 1. The summed E-state index contributed by atoms with van der Waals surface area (Å²) in [4.78, 5) is 0. The predicted octanol–water partition coefficient (Wildman–Crippen LogP) is 4.75. The first-order chi connectivity index (χ1) is 9.21. The highest BCUT2D eigenvalue weighted by molar-refractivity contribution is 5.71. The van der Waals surface area contributed by atoms with Gasteiger partial charge in [-0.3, -0.25) is 0 Å². The lowest BCUT2D eigenvalue weighted by atomic mass is 9.93. The van der Waals surface area contributed by atoms with Gasteiger partial charge in [0.25, 0.3) is 0 Å². The lowest BCUT2D eigenvalue weighted by molar-refractivity contribution is 0.469. The zero-order valence-electron chi connectivity index (χ0n) is 12.0. The number of rotatable bonds is 4. The molecule has 0 atom stereocenters. The van der Waals surface area contributed by atoms with Crippen LogP contribution in [0.2, 0.25) is 0 Å². The summed E-state index contributed by atoms with van der Waals surface area (Å²) in [6.45, 7) is 6.47. The van der Waals surface area contributed by atoms with Crippen LogP contribution in [0.15, 0.2) is 36.4 Å². The van der Waals surface area contributed by atoms with Gasteiger partial charge in [0.1, 0.15) is 5.75 Å². The Morgan fingerprint density at radius 2 is 1.58 bits per heavy atom. The van der Waals surface area contributed by atoms with Crippen LogP contribution < -0.4 is 0 Å². The van der Waals surface area contributed by atoms with Gasteiger partial charge < -0.3 is 5.11 Å². The Kier molecular flexibility index (Phi) is 4.26. The van der Waals surface area contributed by atoms with E-state index in [0.717, 1.165) is 30.4 Å². The Bertz CT molecular complexity index is 570. The maximum absolute atomic E-state index is 9.98. The Balaban J connectivity index is 2.56. The third kappa shape index (κ3) is 2.65. The highest BCUT2D eigenvalue weighted by atomic mass is 16.3. The van der Waals surface area contributed by atoms with Crippen LogP contribution in [0, 0.1) is 0 Å². The van der Waals surface area contributed by atoms with Gasteiger partial charge in [0.05, 0.1) is 0 Å². The fourth-order valence-corrected chi connectivity index (χ4v) is 2.68. The van der Waals surface area contributed by atoms with Crippen LogP contribution >= 0.6 is 0 Å². The number of hydrogen-bond acceptors (Lipinski definition) is 1. The minimum atomic E-state index is 0.401. The summed E-state index contributed by atoms with van der Waals surface area (Å²) >= 11 is 0. The van der Waals surface area contributed by atoms with Crippen LogP contribution in [0.4, 0.5) is 0 Å². The highest BCUT2D eigenvalue weighted by Gasteiger charge is 2.09. The van der Waals surface area contributed by atoms with E-state index in [1.54, 1.807) is 6.07 Å². The van der Waals surface area contributed by atoms with E-state index in [2.05, 4.69) is 45.0 Å². The summed E-state index contributed by atoms with van der Waals surface area (Å²) < 4.78 is 0. The first-order valence-electron chi connectivity index (χ1n) is 7.14. The second kappa shape index (κ2) is 5.92. The van der Waals surface area contributed by atoms with Gasteiger partial charge in [-0.1, -0.05) is 51.1 Å². The maximum Gasteiger partial charge on any atom is 0.119 e. The molecule has 1 nitrogen and oxygen atoms in total. The molecule has 0 saturated carbocycles. The molecule has 1 heteroatoms. The molecule has 0 heterocycles. The number of aryl methyl sites for hydroxylation is 2. The lowest BCUT2D eigenvalue weighted by Crippen LogP contribution is -1.94.